The summed E-state index contributed by atoms with van der Waals surface area (Å²) in [4.78, 5) is 26.2. The molecule has 1 atom stereocenters. The lowest BCUT2D eigenvalue weighted by molar-refractivity contribution is -0.129. The number of ether oxygens (including phenoxy) is 1. The van der Waals surface area contributed by atoms with E-state index in [2.05, 4.69) is 5.32 Å². The molecule has 27 heavy (non-hydrogen) atoms. The van der Waals surface area contributed by atoms with Gasteiger partial charge in [0.1, 0.15) is 11.6 Å². The maximum Gasteiger partial charge on any atom is 0.225 e. The minimum absolute atomic E-state index is 0.0593. The Hall–Kier alpha value is -2.89. The number of amides is 2. The number of carbonyl (C=O) groups excluding carboxylic acids is 2. The lowest BCUT2D eigenvalue weighted by atomic mass is 10.1. The van der Waals surface area contributed by atoms with Crippen molar-refractivity contribution in [3.8, 4) is 5.75 Å². The molecule has 1 N–H and O–H groups in total. The molecule has 2 amide bonds. The lowest BCUT2D eigenvalue weighted by Crippen LogP contribution is -2.33. The fourth-order valence-electron chi connectivity index (χ4n) is 3.20. The van der Waals surface area contributed by atoms with Crippen LogP contribution < -0.4 is 10.1 Å². The molecule has 5 nitrogen and oxygen atoms in total. The van der Waals surface area contributed by atoms with Crippen LogP contribution >= 0.6 is 0 Å². The third kappa shape index (κ3) is 4.84. The Labute approximate surface area is 158 Å². The van der Waals surface area contributed by atoms with Gasteiger partial charge in [0.15, 0.2) is 0 Å². The highest BCUT2D eigenvalue weighted by Crippen LogP contribution is 2.19. The van der Waals surface area contributed by atoms with E-state index in [9.17, 15) is 14.0 Å². The van der Waals surface area contributed by atoms with Crippen LogP contribution in [0.1, 0.15) is 17.5 Å². The van der Waals surface area contributed by atoms with Crippen molar-refractivity contribution < 1.29 is 18.7 Å². The molecule has 1 heterocycles. The highest BCUT2D eigenvalue weighted by atomic mass is 19.1. The smallest absolute Gasteiger partial charge is 0.225 e. The van der Waals surface area contributed by atoms with Crippen molar-refractivity contribution in [2.75, 3.05) is 20.2 Å². The van der Waals surface area contributed by atoms with Crippen LogP contribution in [0, 0.1) is 11.7 Å². The van der Waals surface area contributed by atoms with E-state index in [1.54, 1.807) is 30.2 Å². The van der Waals surface area contributed by atoms with Crippen LogP contribution in [-0.2, 0) is 22.6 Å². The third-order valence-electron chi connectivity index (χ3n) is 4.82. The molecule has 2 aromatic carbocycles. The van der Waals surface area contributed by atoms with Gasteiger partial charge in [-0.25, -0.2) is 4.39 Å². The van der Waals surface area contributed by atoms with Gasteiger partial charge < -0.3 is 15.0 Å². The summed E-state index contributed by atoms with van der Waals surface area (Å²) in [5.41, 5.74) is 1.54. The van der Waals surface area contributed by atoms with Crippen LogP contribution in [0.3, 0.4) is 0 Å². The topological polar surface area (TPSA) is 58.6 Å². The first kappa shape index (κ1) is 18.9. The number of hydrogen-bond donors (Lipinski definition) is 1. The summed E-state index contributed by atoms with van der Waals surface area (Å²) in [5.74, 6) is -0.0604. The summed E-state index contributed by atoms with van der Waals surface area (Å²) in [7, 11) is 1.60. The van der Waals surface area contributed by atoms with Gasteiger partial charge in [-0.15, -0.1) is 0 Å². The van der Waals surface area contributed by atoms with E-state index in [1.807, 2.05) is 24.3 Å². The van der Waals surface area contributed by atoms with Crippen LogP contribution in [0.15, 0.2) is 48.5 Å². The Morgan fingerprint density at radius 2 is 1.96 bits per heavy atom. The summed E-state index contributed by atoms with van der Waals surface area (Å²) in [6.45, 7) is 1.20. The van der Waals surface area contributed by atoms with E-state index in [0.717, 1.165) is 11.3 Å². The third-order valence-corrected chi connectivity index (χ3v) is 4.82. The van der Waals surface area contributed by atoms with E-state index < -0.39 is 0 Å². The minimum atomic E-state index is -0.364. The Morgan fingerprint density at radius 3 is 2.67 bits per heavy atom. The Bertz CT molecular complexity index is 807. The molecule has 0 saturated carbocycles. The van der Waals surface area contributed by atoms with Gasteiger partial charge in [-0.2, -0.15) is 0 Å². The first-order valence-corrected chi connectivity index (χ1v) is 8.98. The highest BCUT2D eigenvalue weighted by molar-refractivity contribution is 5.89. The second-order valence-electron chi connectivity index (χ2n) is 6.65. The van der Waals surface area contributed by atoms with Crippen molar-refractivity contribution in [1.82, 2.24) is 10.2 Å². The van der Waals surface area contributed by atoms with Gasteiger partial charge in [0, 0.05) is 26.1 Å². The summed E-state index contributed by atoms with van der Waals surface area (Å²) in [6, 6.07) is 14.0. The van der Waals surface area contributed by atoms with Gasteiger partial charge >= 0.3 is 0 Å². The van der Waals surface area contributed by atoms with Gasteiger partial charge in [0.2, 0.25) is 11.8 Å². The number of nitrogens with one attached hydrogen (secondary N) is 1. The molecule has 1 saturated heterocycles. The molecular formula is C21H23FN2O3. The van der Waals surface area contributed by atoms with Gasteiger partial charge in [-0.1, -0.05) is 30.3 Å². The number of methoxy groups -OCH3 is 1. The van der Waals surface area contributed by atoms with E-state index in [-0.39, 0.29) is 30.0 Å². The largest absolute Gasteiger partial charge is 0.497 e. The molecule has 0 radical (unpaired) electrons. The Kier molecular flexibility index (Phi) is 6.06. The first-order valence-electron chi connectivity index (χ1n) is 8.98. The number of hydrogen-bond acceptors (Lipinski definition) is 3. The molecule has 0 aliphatic carbocycles. The van der Waals surface area contributed by atoms with Crippen LogP contribution in [0.25, 0.3) is 0 Å². The standard InChI is InChI=1S/C21H23FN2O3/c1-27-18-8-6-15(7-9-18)13-23-21(26)17-12-20(25)24(14-17)11-10-16-4-2-3-5-19(16)22/h2-9,17H,10-14H2,1H3,(H,23,26). The molecule has 6 heteroatoms. The molecule has 142 valence electrons. The monoisotopic (exact) mass is 370 g/mol. The summed E-state index contributed by atoms with van der Waals surface area (Å²) >= 11 is 0. The highest BCUT2D eigenvalue weighted by Gasteiger charge is 2.33. The molecule has 1 fully saturated rings. The van der Waals surface area contributed by atoms with Crippen molar-refractivity contribution in [1.29, 1.82) is 0 Å². The molecular weight excluding hydrogens is 347 g/mol. The van der Waals surface area contributed by atoms with Crippen LogP contribution in [-0.4, -0.2) is 36.9 Å². The Balaban J connectivity index is 1.48. The van der Waals surface area contributed by atoms with Gasteiger partial charge in [-0.3, -0.25) is 9.59 Å². The molecule has 1 unspecified atom stereocenters. The molecule has 1 aliphatic rings. The second kappa shape index (κ2) is 8.66. The van der Waals surface area contributed by atoms with Crippen molar-refractivity contribution >= 4 is 11.8 Å². The molecule has 0 aromatic heterocycles. The normalized spacial score (nSPS) is 16.4. The molecule has 1 aliphatic heterocycles. The predicted molar refractivity (Wildman–Crippen MR) is 99.6 cm³/mol. The average molecular weight is 370 g/mol. The van der Waals surface area contributed by atoms with Crippen molar-refractivity contribution in [2.45, 2.75) is 19.4 Å². The number of benzene rings is 2. The fraction of sp³-hybridized carbons (Fsp3) is 0.333. The number of halogens is 1. The van der Waals surface area contributed by atoms with Gasteiger partial charge in [-0.05, 0) is 35.7 Å². The van der Waals surface area contributed by atoms with Crippen LogP contribution in [0.4, 0.5) is 4.39 Å². The lowest BCUT2D eigenvalue weighted by Gasteiger charge is -2.17. The zero-order valence-electron chi connectivity index (χ0n) is 15.3. The fourth-order valence-corrected chi connectivity index (χ4v) is 3.20. The summed E-state index contributed by atoms with van der Waals surface area (Å²) in [6.07, 6.45) is 0.643. The average Bonchev–Trinajstić information content (AvgIpc) is 3.06. The summed E-state index contributed by atoms with van der Waals surface area (Å²) < 4.78 is 18.8. The maximum absolute atomic E-state index is 13.7. The van der Waals surface area contributed by atoms with E-state index in [1.165, 1.54) is 6.07 Å². The minimum Gasteiger partial charge on any atom is -0.497 e. The van der Waals surface area contributed by atoms with Crippen molar-refractivity contribution in [3.63, 3.8) is 0 Å². The quantitative estimate of drug-likeness (QED) is 0.815. The molecule has 0 spiro atoms. The first-order chi connectivity index (χ1) is 13.1. The van der Waals surface area contributed by atoms with Gasteiger partial charge in [0.05, 0.1) is 13.0 Å². The summed E-state index contributed by atoms with van der Waals surface area (Å²) in [5, 5.41) is 2.88. The van der Waals surface area contributed by atoms with Crippen molar-refractivity contribution in [3.05, 3.63) is 65.5 Å². The zero-order valence-corrected chi connectivity index (χ0v) is 15.3. The van der Waals surface area contributed by atoms with Crippen LogP contribution in [0.5, 0.6) is 5.75 Å². The SMILES string of the molecule is COc1ccc(CNC(=O)C2CC(=O)N(CCc3ccccc3F)C2)cc1. The number of carbonyl (C=O) groups is 2. The van der Waals surface area contributed by atoms with Gasteiger partial charge in [0.25, 0.3) is 0 Å². The van der Waals surface area contributed by atoms with E-state index >= 15 is 0 Å². The van der Waals surface area contributed by atoms with Crippen LogP contribution in [0.2, 0.25) is 0 Å². The van der Waals surface area contributed by atoms with E-state index in [0.29, 0.717) is 31.6 Å². The van der Waals surface area contributed by atoms with Crippen molar-refractivity contribution in [2.24, 2.45) is 5.92 Å². The zero-order chi connectivity index (χ0) is 19.2. The molecule has 2 aromatic rings. The number of likely N-dealkylation sites (tertiary alicyclic amines) is 1. The molecule has 0 bridgehead atoms. The molecule has 3 rings (SSSR count). The number of rotatable bonds is 7. The Morgan fingerprint density at radius 1 is 1.22 bits per heavy atom. The second-order valence-corrected chi connectivity index (χ2v) is 6.65. The maximum atomic E-state index is 13.7. The number of nitrogens with zero attached hydrogens (tertiary/aromatic N) is 1. The van der Waals surface area contributed by atoms with E-state index in [4.69, 9.17) is 4.74 Å². The predicted octanol–water partition coefficient (Wildman–Crippen LogP) is 2.54.